The molecule has 2 rings (SSSR count). The molecule has 0 aliphatic carbocycles. The summed E-state index contributed by atoms with van der Waals surface area (Å²) in [6.07, 6.45) is 12.4. The fourth-order valence-corrected chi connectivity index (χ4v) is 3.48. The minimum Gasteiger partial charge on any atom is -0.367 e. The molecule has 2 nitrogen and oxygen atoms in total. The molecule has 0 aliphatic heterocycles. The summed E-state index contributed by atoms with van der Waals surface area (Å²) in [6, 6.07) is 14.8. The number of likely N-dealkylation sites (N-methyl/N-ethyl adjacent to an activating group) is 1. The van der Waals surface area contributed by atoms with Crippen molar-refractivity contribution in [1.29, 1.82) is 0 Å². The van der Waals surface area contributed by atoms with Gasteiger partial charge in [-0.1, -0.05) is 88.6 Å². The van der Waals surface area contributed by atoms with Crippen molar-refractivity contribution in [3.05, 3.63) is 42.5 Å². The fourth-order valence-electron chi connectivity index (χ4n) is 3.48. The standard InChI is InChI=1S/C24H35NO/c1-3-4-5-6-7-8-9-10-11-16-24(26)20-25(2)23-18-17-21-14-12-13-15-22(21)19-23/h12-15,17-19H,3-11,16,20H2,1-2H3. The maximum Gasteiger partial charge on any atom is 0.152 e. The van der Waals surface area contributed by atoms with Crippen LogP contribution in [0.4, 0.5) is 5.69 Å². The zero-order chi connectivity index (χ0) is 18.6. The fraction of sp³-hybridized carbons (Fsp3) is 0.542. The molecule has 0 spiro atoms. The van der Waals surface area contributed by atoms with Crippen molar-refractivity contribution < 1.29 is 4.79 Å². The second-order valence-electron chi connectivity index (χ2n) is 7.50. The van der Waals surface area contributed by atoms with Gasteiger partial charge in [0.2, 0.25) is 0 Å². The highest BCUT2D eigenvalue weighted by molar-refractivity contribution is 5.88. The molecule has 2 heteroatoms. The van der Waals surface area contributed by atoms with Crippen LogP contribution >= 0.6 is 0 Å². The number of rotatable bonds is 13. The number of Topliss-reactive ketones (excluding diaryl/α,β-unsaturated/α-hetero) is 1. The molecule has 142 valence electrons. The molecule has 0 heterocycles. The van der Waals surface area contributed by atoms with Crippen LogP contribution in [0.1, 0.15) is 71.1 Å². The summed E-state index contributed by atoms with van der Waals surface area (Å²) in [5, 5.41) is 2.47. The smallest absolute Gasteiger partial charge is 0.152 e. The summed E-state index contributed by atoms with van der Waals surface area (Å²) >= 11 is 0. The van der Waals surface area contributed by atoms with Gasteiger partial charge in [-0.15, -0.1) is 0 Å². The van der Waals surface area contributed by atoms with E-state index < -0.39 is 0 Å². The van der Waals surface area contributed by atoms with Gasteiger partial charge in [-0.3, -0.25) is 4.79 Å². The van der Waals surface area contributed by atoms with Crippen molar-refractivity contribution in [3.8, 4) is 0 Å². The Kier molecular flexibility index (Phi) is 9.23. The van der Waals surface area contributed by atoms with E-state index in [1.54, 1.807) is 0 Å². The molecule has 0 N–H and O–H groups in total. The van der Waals surface area contributed by atoms with Gasteiger partial charge in [0.1, 0.15) is 0 Å². The first kappa shape index (κ1) is 20.5. The summed E-state index contributed by atoms with van der Waals surface area (Å²) in [7, 11) is 2.01. The predicted octanol–water partition coefficient (Wildman–Crippen LogP) is 6.77. The number of hydrogen-bond acceptors (Lipinski definition) is 2. The summed E-state index contributed by atoms with van der Waals surface area (Å²) in [6.45, 7) is 2.77. The summed E-state index contributed by atoms with van der Waals surface area (Å²) in [5.74, 6) is 0.351. The molecular formula is C24H35NO. The zero-order valence-corrected chi connectivity index (χ0v) is 16.7. The molecule has 0 saturated heterocycles. The second kappa shape index (κ2) is 11.7. The lowest BCUT2D eigenvalue weighted by Crippen LogP contribution is -2.25. The van der Waals surface area contributed by atoms with Gasteiger partial charge in [0.15, 0.2) is 5.78 Å². The number of carbonyl (C=O) groups is 1. The van der Waals surface area contributed by atoms with Crippen LogP contribution in [0, 0.1) is 0 Å². The van der Waals surface area contributed by atoms with E-state index in [-0.39, 0.29) is 0 Å². The summed E-state index contributed by atoms with van der Waals surface area (Å²) in [4.78, 5) is 14.3. The summed E-state index contributed by atoms with van der Waals surface area (Å²) < 4.78 is 0. The molecule has 26 heavy (non-hydrogen) atoms. The monoisotopic (exact) mass is 353 g/mol. The number of fused-ring (bicyclic) bond motifs is 1. The number of benzene rings is 2. The lowest BCUT2D eigenvalue weighted by atomic mass is 10.1. The minimum atomic E-state index is 0.351. The largest absolute Gasteiger partial charge is 0.367 e. The number of hydrogen-bond donors (Lipinski definition) is 0. The van der Waals surface area contributed by atoms with Crippen LogP contribution in [-0.2, 0) is 4.79 Å². The van der Waals surface area contributed by atoms with E-state index in [0.29, 0.717) is 18.7 Å². The van der Waals surface area contributed by atoms with Crippen molar-refractivity contribution in [2.24, 2.45) is 0 Å². The highest BCUT2D eigenvalue weighted by Crippen LogP contribution is 2.21. The van der Waals surface area contributed by atoms with Crippen LogP contribution < -0.4 is 4.90 Å². The first-order chi connectivity index (χ1) is 12.7. The van der Waals surface area contributed by atoms with Crippen LogP contribution in [0.15, 0.2) is 42.5 Å². The van der Waals surface area contributed by atoms with E-state index in [0.717, 1.165) is 12.1 Å². The lowest BCUT2D eigenvalue weighted by molar-refractivity contribution is -0.117. The molecule has 2 aromatic rings. The average Bonchev–Trinajstić information content (AvgIpc) is 2.66. The summed E-state index contributed by atoms with van der Waals surface area (Å²) in [5.41, 5.74) is 1.11. The Balaban J connectivity index is 1.62. The van der Waals surface area contributed by atoms with E-state index in [1.807, 2.05) is 7.05 Å². The highest BCUT2D eigenvalue weighted by Gasteiger charge is 2.08. The molecule has 0 unspecified atom stereocenters. The topological polar surface area (TPSA) is 20.3 Å². The second-order valence-corrected chi connectivity index (χ2v) is 7.50. The van der Waals surface area contributed by atoms with Gasteiger partial charge in [0.25, 0.3) is 0 Å². The van der Waals surface area contributed by atoms with Gasteiger partial charge in [-0.2, -0.15) is 0 Å². The number of anilines is 1. The zero-order valence-electron chi connectivity index (χ0n) is 16.7. The van der Waals surface area contributed by atoms with Gasteiger partial charge < -0.3 is 4.90 Å². The van der Waals surface area contributed by atoms with E-state index in [4.69, 9.17) is 0 Å². The quantitative estimate of drug-likeness (QED) is 0.370. The number of unbranched alkanes of at least 4 members (excludes halogenated alkanes) is 8. The van der Waals surface area contributed by atoms with Crippen molar-refractivity contribution in [2.45, 2.75) is 71.1 Å². The van der Waals surface area contributed by atoms with E-state index in [9.17, 15) is 4.79 Å². The molecule has 0 amide bonds. The molecule has 0 aromatic heterocycles. The van der Waals surface area contributed by atoms with Gasteiger partial charge >= 0.3 is 0 Å². The Bertz CT molecular complexity index is 664. The Morgan fingerprint density at radius 3 is 2.12 bits per heavy atom. The molecular weight excluding hydrogens is 318 g/mol. The molecule has 0 radical (unpaired) electrons. The van der Waals surface area contributed by atoms with Gasteiger partial charge in [0, 0.05) is 19.2 Å². The molecule has 2 aromatic carbocycles. The van der Waals surface area contributed by atoms with Crippen LogP contribution in [0.2, 0.25) is 0 Å². The third kappa shape index (κ3) is 7.19. The average molecular weight is 354 g/mol. The Labute approximate surface area is 159 Å². The molecule has 0 aliphatic rings. The van der Waals surface area contributed by atoms with Crippen molar-refractivity contribution in [2.75, 3.05) is 18.5 Å². The van der Waals surface area contributed by atoms with Crippen molar-refractivity contribution >= 4 is 22.2 Å². The Morgan fingerprint density at radius 2 is 1.42 bits per heavy atom. The van der Waals surface area contributed by atoms with Crippen molar-refractivity contribution in [1.82, 2.24) is 0 Å². The van der Waals surface area contributed by atoms with Gasteiger partial charge in [0.05, 0.1) is 6.54 Å². The first-order valence-corrected chi connectivity index (χ1v) is 10.4. The SMILES string of the molecule is CCCCCCCCCCCC(=O)CN(C)c1ccc2ccccc2c1. The van der Waals surface area contributed by atoms with Crippen LogP contribution in [-0.4, -0.2) is 19.4 Å². The van der Waals surface area contributed by atoms with Crippen LogP contribution in [0.25, 0.3) is 10.8 Å². The Hall–Kier alpha value is -1.83. The number of ketones is 1. The third-order valence-corrected chi connectivity index (χ3v) is 5.15. The third-order valence-electron chi connectivity index (χ3n) is 5.15. The number of carbonyl (C=O) groups excluding carboxylic acids is 1. The van der Waals surface area contributed by atoms with Gasteiger partial charge in [-0.05, 0) is 29.3 Å². The predicted molar refractivity (Wildman–Crippen MR) is 114 cm³/mol. The molecule has 0 atom stereocenters. The minimum absolute atomic E-state index is 0.351. The van der Waals surface area contributed by atoms with Gasteiger partial charge in [-0.25, -0.2) is 0 Å². The molecule has 0 fully saturated rings. The first-order valence-electron chi connectivity index (χ1n) is 10.4. The maximum absolute atomic E-state index is 12.3. The van der Waals surface area contributed by atoms with Crippen molar-refractivity contribution in [3.63, 3.8) is 0 Å². The van der Waals surface area contributed by atoms with Crippen LogP contribution in [0.5, 0.6) is 0 Å². The molecule has 0 saturated carbocycles. The highest BCUT2D eigenvalue weighted by atomic mass is 16.1. The van der Waals surface area contributed by atoms with Crippen LogP contribution in [0.3, 0.4) is 0 Å². The normalized spacial score (nSPS) is 11.0. The maximum atomic E-state index is 12.3. The van der Waals surface area contributed by atoms with E-state index >= 15 is 0 Å². The number of nitrogens with zero attached hydrogens (tertiary/aromatic N) is 1. The molecule has 0 bridgehead atoms. The Morgan fingerprint density at radius 1 is 0.808 bits per heavy atom. The van der Waals surface area contributed by atoms with E-state index in [1.165, 1.54) is 62.1 Å². The van der Waals surface area contributed by atoms with E-state index in [2.05, 4.69) is 54.3 Å². The lowest BCUT2D eigenvalue weighted by Gasteiger charge is -2.19.